The number of aromatic nitrogens is 2. The summed E-state index contributed by atoms with van der Waals surface area (Å²) >= 11 is 1.37. The Morgan fingerprint density at radius 1 is 1.19 bits per heavy atom. The first-order valence-corrected chi connectivity index (χ1v) is 11.3. The van der Waals surface area contributed by atoms with Crippen molar-refractivity contribution < 1.29 is 9.53 Å². The van der Waals surface area contributed by atoms with Crippen LogP contribution in [-0.4, -0.2) is 53.6 Å². The highest BCUT2D eigenvalue weighted by Gasteiger charge is 2.24. The molecule has 7 nitrogen and oxygen atoms in total. The lowest BCUT2D eigenvalue weighted by molar-refractivity contribution is 0.0531. The van der Waals surface area contributed by atoms with Gasteiger partial charge in [-0.25, -0.2) is 14.8 Å². The zero-order valence-corrected chi connectivity index (χ0v) is 18.6. The molecule has 0 saturated carbocycles. The normalized spacial score (nSPS) is 14.9. The van der Waals surface area contributed by atoms with Crippen molar-refractivity contribution in [1.82, 2.24) is 14.9 Å². The highest BCUT2D eigenvalue weighted by Crippen LogP contribution is 2.35. The molecule has 8 heteroatoms. The second kappa shape index (κ2) is 9.41. The minimum atomic E-state index is -0.293. The Morgan fingerprint density at radius 2 is 2.00 bits per heavy atom. The summed E-state index contributed by atoms with van der Waals surface area (Å²) in [7, 11) is 0. The quantitative estimate of drug-likeness (QED) is 0.564. The molecule has 0 unspecified atom stereocenters. The van der Waals surface area contributed by atoms with Gasteiger partial charge in [0.1, 0.15) is 21.9 Å². The molecule has 0 aliphatic carbocycles. The number of fused-ring (bicyclic) bond motifs is 1. The van der Waals surface area contributed by atoms with Gasteiger partial charge in [0.25, 0.3) is 0 Å². The molecule has 160 valence electrons. The number of benzene rings is 1. The molecule has 1 aromatic carbocycles. The van der Waals surface area contributed by atoms with Gasteiger partial charge in [0.2, 0.25) is 0 Å². The summed E-state index contributed by atoms with van der Waals surface area (Å²) in [5.74, 6) is 0.605. The van der Waals surface area contributed by atoms with Crippen LogP contribution in [-0.2, 0) is 11.3 Å². The van der Waals surface area contributed by atoms with Crippen LogP contribution in [0.3, 0.4) is 0 Å². The van der Waals surface area contributed by atoms with Crippen LogP contribution < -0.4 is 4.90 Å². The van der Waals surface area contributed by atoms with Crippen molar-refractivity contribution in [2.45, 2.75) is 26.8 Å². The van der Waals surface area contributed by atoms with Crippen molar-refractivity contribution in [3.05, 3.63) is 52.2 Å². The number of hydrogen-bond acceptors (Lipinski definition) is 8. The molecule has 0 amide bonds. The molecule has 0 spiro atoms. The zero-order valence-electron chi connectivity index (χ0n) is 17.8. The van der Waals surface area contributed by atoms with E-state index in [0.29, 0.717) is 17.0 Å². The molecule has 1 aliphatic heterocycles. The number of anilines is 1. The van der Waals surface area contributed by atoms with Crippen LogP contribution in [0.2, 0.25) is 0 Å². The topological polar surface area (TPSA) is 82.3 Å². The van der Waals surface area contributed by atoms with Gasteiger partial charge in [0.05, 0.1) is 23.6 Å². The number of aryl methyl sites for hydroxylation is 1. The molecule has 0 bridgehead atoms. The smallest absolute Gasteiger partial charge is 0.348 e. The SMILES string of the molecule is CCOC(=O)c1sc2ncnc(N3CCCN(Cc4ccc(C#N)cc4)CC3)c2c1C. The maximum Gasteiger partial charge on any atom is 0.348 e. The second-order valence-corrected chi connectivity index (χ2v) is 8.58. The van der Waals surface area contributed by atoms with E-state index >= 15 is 0 Å². The maximum absolute atomic E-state index is 12.3. The number of hydrogen-bond donors (Lipinski definition) is 0. The van der Waals surface area contributed by atoms with Crippen LogP contribution in [0.5, 0.6) is 0 Å². The summed E-state index contributed by atoms with van der Waals surface area (Å²) < 4.78 is 5.21. The largest absolute Gasteiger partial charge is 0.462 e. The second-order valence-electron chi connectivity index (χ2n) is 7.58. The van der Waals surface area contributed by atoms with Crippen molar-refractivity contribution in [2.75, 3.05) is 37.7 Å². The fourth-order valence-electron chi connectivity index (χ4n) is 3.97. The molecule has 2 aromatic heterocycles. The highest BCUT2D eigenvalue weighted by molar-refractivity contribution is 7.20. The fraction of sp³-hybridized carbons (Fsp3) is 0.391. The van der Waals surface area contributed by atoms with Gasteiger partial charge in [-0.1, -0.05) is 12.1 Å². The number of ether oxygens (including phenoxy) is 1. The van der Waals surface area contributed by atoms with Gasteiger partial charge in [0.15, 0.2) is 0 Å². The standard InChI is InChI=1S/C23H25N5O2S/c1-3-30-23(29)20-16(2)19-21(25-15-26-22(19)31-20)28-10-4-9-27(11-12-28)14-18-7-5-17(13-24)6-8-18/h5-8,15H,3-4,9-12,14H2,1-2H3. The Morgan fingerprint density at radius 3 is 2.74 bits per heavy atom. The maximum atomic E-state index is 12.3. The van der Waals surface area contributed by atoms with E-state index in [1.807, 2.05) is 38.1 Å². The van der Waals surface area contributed by atoms with Crippen LogP contribution in [0, 0.1) is 18.3 Å². The molecule has 0 N–H and O–H groups in total. The van der Waals surface area contributed by atoms with E-state index < -0.39 is 0 Å². The molecular formula is C23H25N5O2S. The van der Waals surface area contributed by atoms with E-state index in [2.05, 4.69) is 25.8 Å². The van der Waals surface area contributed by atoms with Crippen LogP contribution in [0.25, 0.3) is 10.2 Å². The number of carbonyl (C=O) groups is 1. The lowest BCUT2D eigenvalue weighted by Gasteiger charge is -2.23. The first-order chi connectivity index (χ1) is 15.1. The lowest BCUT2D eigenvalue weighted by Crippen LogP contribution is -2.31. The third-order valence-corrected chi connectivity index (χ3v) is 6.72. The van der Waals surface area contributed by atoms with Crippen LogP contribution in [0.1, 0.15) is 39.7 Å². The van der Waals surface area contributed by atoms with E-state index in [4.69, 9.17) is 10.00 Å². The van der Waals surface area contributed by atoms with E-state index in [-0.39, 0.29) is 5.97 Å². The van der Waals surface area contributed by atoms with Gasteiger partial charge < -0.3 is 9.64 Å². The van der Waals surface area contributed by atoms with Gasteiger partial charge in [-0.05, 0) is 43.5 Å². The molecule has 3 heterocycles. The van der Waals surface area contributed by atoms with Gasteiger partial charge in [-0.3, -0.25) is 4.90 Å². The van der Waals surface area contributed by atoms with Gasteiger partial charge in [-0.15, -0.1) is 11.3 Å². The lowest BCUT2D eigenvalue weighted by atomic mass is 10.1. The summed E-state index contributed by atoms with van der Waals surface area (Å²) in [6.07, 6.45) is 2.61. The van der Waals surface area contributed by atoms with Crippen LogP contribution >= 0.6 is 11.3 Å². The van der Waals surface area contributed by atoms with E-state index in [1.54, 1.807) is 6.33 Å². The van der Waals surface area contributed by atoms with E-state index in [1.165, 1.54) is 16.9 Å². The zero-order chi connectivity index (χ0) is 21.8. The summed E-state index contributed by atoms with van der Waals surface area (Å²) in [6, 6.07) is 9.97. The monoisotopic (exact) mass is 435 g/mol. The molecule has 1 saturated heterocycles. The number of carbonyl (C=O) groups excluding carboxylic acids is 1. The number of esters is 1. The predicted molar refractivity (Wildman–Crippen MR) is 121 cm³/mol. The summed E-state index contributed by atoms with van der Waals surface area (Å²) in [4.78, 5) is 27.5. The molecule has 0 radical (unpaired) electrons. The van der Waals surface area contributed by atoms with Gasteiger partial charge in [0, 0.05) is 32.7 Å². The third-order valence-electron chi connectivity index (χ3n) is 5.54. The molecular weight excluding hydrogens is 410 g/mol. The van der Waals surface area contributed by atoms with Crippen molar-refractivity contribution in [3.8, 4) is 6.07 Å². The van der Waals surface area contributed by atoms with E-state index in [0.717, 1.165) is 60.7 Å². The minimum Gasteiger partial charge on any atom is -0.462 e. The van der Waals surface area contributed by atoms with E-state index in [9.17, 15) is 4.79 Å². The first-order valence-electron chi connectivity index (χ1n) is 10.5. The van der Waals surface area contributed by atoms with Crippen molar-refractivity contribution in [1.29, 1.82) is 5.26 Å². The van der Waals surface area contributed by atoms with Crippen molar-refractivity contribution >= 4 is 33.3 Å². The number of thiophene rings is 1. The van der Waals surface area contributed by atoms with Crippen LogP contribution in [0.4, 0.5) is 5.82 Å². The Bertz CT molecular complexity index is 1120. The Balaban J connectivity index is 1.52. The molecule has 1 fully saturated rings. The van der Waals surface area contributed by atoms with Crippen molar-refractivity contribution in [3.63, 3.8) is 0 Å². The minimum absolute atomic E-state index is 0.293. The van der Waals surface area contributed by atoms with Gasteiger partial charge >= 0.3 is 5.97 Å². The predicted octanol–water partition coefficient (Wildman–Crippen LogP) is 3.76. The fourth-order valence-corrected chi connectivity index (χ4v) is 5.00. The Labute approximate surface area is 185 Å². The number of nitrogens with zero attached hydrogens (tertiary/aromatic N) is 5. The summed E-state index contributed by atoms with van der Waals surface area (Å²) in [5.41, 5.74) is 2.80. The van der Waals surface area contributed by atoms with Crippen LogP contribution in [0.15, 0.2) is 30.6 Å². The average molecular weight is 436 g/mol. The Hall–Kier alpha value is -3.02. The summed E-state index contributed by atoms with van der Waals surface area (Å²) in [6.45, 7) is 8.66. The molecule has 31 heavy (non-hydrogen) atoms. The average Bonchev–Trinajstić information content (AvgIpc) is 2.96. The van der Waals surface area contributed by atoms with Crippen molar-refractivity contribution in [2.24, 2.45) is 0 Å². The third kappa shape index (κ3) is 4.53. The first kappa shape index (κ1) is 21.2. The molecule has 3 aromatic rings. The molecule has 1 aliphatic rings. The Kier molecular flexibility index (Phi) is 6.44. The molecule has 4 rings (SSSR count). The molecule has 0 atom stereocenters. The highest BCUT2D eigenvalue weighted by atomic mass is 32.1. The van der Waals surface area contributed by atoms with Gasteiger partial charge in [-0.2, -0.15) is 5.26 Å². The number of rotatable bonds is 5. The summed E-state index contributed by atoms with van der Waals surface area (Å²) in [5, 5.41) is 9.93. The number of nitriles is 1.